The lowest BCUT2D eigenvalue weighted by molar-refractivity contribution is -0.129. The van der Waals surface area contributed by atoms with Crippen LogP contribution in [0.3, 0.4) is 0 Å². The summed E-state index contributed by atoms with van der Waals surface area (Å²) >= 11 is 0. The van der Waals surface area contributed by atoms with E-state index in [1.165, 1.54) is 212 Å². The molecule has 0 aromatic carbocycles. The zero-order valence-electron chi connectivity index (χ0n) is 44.6. The highest BCUT2D eigenvalue weighted by Crippen LogP contribution is 2.16. The Kier molecular flexibility index (Phi) is 52.8. The lowest BCUT2D eigenvalue weighted by atomic mass is 10.0. The summed E-state index contributed by atoms with van der Waals surface area (Å²) in [6.45, 7) is 8.64. The minimum atomic E-state index is -0.601. The van der Waals surface area contributed by atoms with Crippen LogP contribution >= 0.6 is 0 Å². The number of carbonyl (C=O) groups excluding carboxylic acids is 5. The van der Waals surface area contributed by atoms with Crippen molar-refractivity contribution >= 4 is 29.5 Å². The van der Waals surface area contributed by atoms with Gasteiger partial charge in [-0.3, -0.25) is 24.0 Å². The normalized spacial score (nSPS) is 11.8. The van der Waals surface area contributed by atoms with Crippen molar-refractivity contribution in [3.05, 3.63) is 0 Å². The largest absolute Gasteiger partial charge is 0.357 e. The van der Waals surface area contributed by atoms with Crippen LogP contribution in [0.15, 0.2) is 0 Å². The standard InChI is InChI=1S/C37H73N3O3.C19H38N2O2/c1-4-6-8-10-12-14-16-18-20-22-24-26-28-30-35(41)39-33-32-34(37(43)38-3)40-36(42)31-29-27-25-23-21-19-17-15-13-11-9-7-5-2;1-4-5-6-7-8-9-10-11-12-13-14-15-16-18(19(23)20-3)21-17(2)22/h34H,4-33H2,1-3H3,(H,38,43)(H,39,41)(H,40,42);18H,4-16H2,1-3H3,(H,20,23)(H,21,22). The molecule has 0 saturated heterocycles. The summed E-state index contributed by atoms with van der Waals surface area (Å²) < 4.78 is 0. The van der Waals surface area contributed by atoms with Crippen LogP contribution in [0.4, 0.5) is 0 Å². The highest BCUT2D eigenvalue weighted by molar-refractivity contribution is 5.87. The molecule has 0 aliphatic rings. The number of hydrogen-bond donors (Lipinski definition) is 5. The van der Waals surface area contributed by atoms with Gasteiger partial charge in [-0.25, -0.2) is 0 Å². The molecular weight excluding hydrogens is 823 g/mol. The van der Waals surface area contributed by atoms with Crippen molar-refractivity contribution in [1.82, 2.24) is 26.6 Å². The van der Waals surface area contributed by atoms with Crippen LogP contribution in [0.5, 0.6) is 0 Å². The summed E-state index contributed by atoms with van der Waals surface area (Å²) in [5.74, 6) is -0.475. The Bertz CT molecular complexity index is 1100. The molecule has 0 spiro atoms. The monoisotopic (exact) mass is 934 g/mol. The molecule has 10 heteroatoms. The second-order valence-electron chi connectivity index (χ2n) is 19.4. The number of carbonyl (C=O) groups is 5. The van der Waals surface area contributed by atoms with Gasteiger partial charge < -0.3 is 26.6 Å². The van der Waals surface area contributed by atoms with E-state index in [-0.39, 0.29) is 35.6 Å². The van der Waals surface area contributed by atoms with Gasteiger partial charge in [0.15, 0.2) is 0 Å². The van der Waals surface area contributed by atoms with E-state index in [1.807, 2.05) is 0 Å². The Hall–Kier alpha value is -2.65. The van der Waals surface area contributed by atoms with E-state index < -0.39 is 6.04 Å². The van der Waals surface area contributed by atoms with E-state index >= 15 is 0 Å². The molecule has 66 heavy (non-hydrogen) atoms. The first kappa shape index (κ1) is 65.4. The van der Waals surface area contributed by atoms with Gasteiger partial charge in [0.2, 0.25) is 29.5 Å². The highest BCUT2D eigenvalue weighted by Gasteiger charge is 2.20. The van der Waals surface area contributed by atoms with Gasteiger partial charge in [-0.15, -0.1) is 0 Å². The van der Waals surface area contributed by atoms with Crippen molar-refractivity contribution in [2.24, 2.45) is 0 Å². The van der Waals surface area contributed by atoms with Gasteiger partial charge in [-0.05, 0) is 25.7 Å². The Morgan fingerprint density at radius 2 is 0.606 bits per heavy atom. The molecule has 0 aromatic heterocycles. The molecule has 0 bridgehead atoms. The molecule has 0 saturated carbocycles. The first-order valence-corrected chi connectivity index (χ1v) is 28.4. The molecule has 10 nitrogen and oxygen atoms in total. The van der Waals surface area contributed by atoms with Gasteiger partial charge in [0, 0.05) is 40.4 Å². The van der Waals surface area contributed by atoms with Crippen molar-refractivity contribution in [1.29, 1.82) is 0 Å². The highest BCUT2D eigenvalue weighted by atomic mass is 16.2. The molecular formula is C56H111N5O5. The molecule has 0 aromatic rings. The molecule has 5 N–H and O–H groups in total. The number of unbranched alkanes of at least 4 members (excludes halogenated alkanes) is 35. The van der Waals surface area contributed by atoms with Gasteiger partial charge in [0.1, 0.15) is 12.1 Å². The summed E-state index contributed by atoms with van der Waals surface area (Å²) in [6, 6.07) is -0.975. The minimum Gasteiger partial charge on any atom is -0.357 e. The SMILES string of the molecule is CCCCCCCCCCCCCCC(NC(C)=O)C(=O)NC.CCCCCCCCCCCCCCCC(=O)NCCC(NC(=O)CCCCCCCCCCCCCCC)C(=O)NC. The van der Waals surface area contributed by atoms with E-state index in [4.69, 9.17) is 0 Å². The molecule has 0 aliphatic heterocycles. The van der Waals surface area contributed by atoms with Crippen molar-refractivity contribution in [3.8, 4) is 0 Å². The maximum absolute atomic E-state index is 12.4. The lowest BCUT2D eigenvalue weighted by Crippen LogP contribution is -2.47. The number of likely N-dealkylation sites (N-methyl/N-ethyl adjacent to an activating group) is 2. The van der Waals surface area contributed by atoms with Gasteiger partial charge in [-0.2, -0.15) is 0 Å². The molecule has 2 atom stereocenters. The van der Waals surface area contributed by atoms with Crippen LogP contribution in [0.25, 0.3) is 0 Å². The summed E-state index contributed by atoms with van der Waals surface area (Å²) in [5, 5.41) is 13.8. The zero-order chi connectivity index (χ0) is 49.0. The first-order chi connectivity index (χ1) is 32.2. The summed E-state index contributed by atoms with van der Waals surface area (Å²) in [5.41, 5.74) is 0. The van der Waals surface area contributed by atoms with Crippen LogP contribution in [0, 0.1) is 0 Å². The van der Waals surface area contributed by atoms with Crippen LogP contribution in [0.1, 0.15) is 297 Å². The lowest BCUT2D eigenvalue weighted by Gasteiger charge is -2.17. The Balaban J connectivity index is 0. The topological polar surface area (TPSA) is 146 Å². The second kappa shape index (κ2) is 53.3. The zero-order valence-corrected chi connectivity index (χ0v) is 44.6. The third kappa shape index (κ3) is 49.3. The molecule has 0 rings (SSSR count). The average Bonchev–Trinajstić information content (AvgIpc) is 3.31. The van der Waals surface area contributed by atoms with E-state index in [9.17, 15) is 24.0 Å². The predicted molar refractivity (Wildman–Crippen MR) is 282 cm³/mol. The van der Waals surface area contributed by atoms with E-state index in [0.717, 1.165) is 44.9 Å². The van der Waals surface area contributed by atoms with Crippen molar-refractivity contribution in [2.45, 2.75) is 309 Å². The van der Waals surface area contributed by atoms with E-state index in [1.54, 1.807) is 14.1 Å². The Morgan fingerprint density at radius 3 is 0.909 bits per heavy atom. The summed E-state index contributed by atoms with van der Waals surface area (Å²) in [6.07, 6.45) is 51.1. The second-order valence-corrected chi connectivity index (χ2v) is 19.4. The van der Waals surface area contributed by atoms with Crippen molar-refractivity contribution < 1.29 is 24.0 Å². The Morgan fingerprint density at radius 1 is 0.333 bits per heavy atom. The molecule has 0 aliphatic carbocycles. The maximum Gasteiger partial charge on any atom is 0.242 e. The third-order valence-corrected chi connectivity index (χ3v) is 13.0. The van der Waals surface area contributed by atoms with Gasteiger partial charge >= 0.3 is 0 Å². The fourth-order valence-corrected chi connectivity index (χ4v) is 8.64. The summed E-state index contributed by atoms with van der Waals surface area (Å²) in [7, 11) is 3.20. The number of amides is 5. The molecule has 390 valence electrons. The molecule has 0 heterocycles. The number of rotatable bonds is 48. The van der Waals surface area contributed by atoms with Gasteiger partial charge in [-0.1, -0.05) is 252 Å². The molecule has 0 radical (unpaired) electrons. The maximum atomic E-state index is 12.4. The number of hydrogen-bond acceptors (Lipinski definition) is 5. The number of nitrogens with one attached hydrogen (secondary N) is 5. The van der Waals surface area contributed by atoms with Crippen molar-refractivity contribution in [2.75, 3.05) is 20.6 Å². The average molecular weight is 935 g/mol. The van der Waals surface area contributed by atoms with Gasteiger partial charge in [0.25, 0.3) is 0 Å². The third-order valence-electron chi connectivity index (χ3n) is 13.0. The fraction of sp³-hybridized carbons (Fsp3) is 0.911. The van der Waals surface area contributed by atoms with E-state index in [0.29, 0.717) is 25.8 Å². The Labute approximate surface area is 408 Å². The van der Waals surface area contributed by atoms with Crippen LogP contribution in [0.2, 0.25) is 0 Å². The molecule has 2 unspecified atom stereocenters. The fourth-order valence-electron chi connectivity index (χ4n) is 8.64. The minimum absolute atomic E-state index is 0.0389. The predicted octanol–water partition coefficient (Wildman–Crippen LogP) is 14.0. The quantitative estimate of drug-likeness (QED) is 0.0386. The molecule has 0 fully saturated rings. The summed E-state index contributed by atoms with van der Waals surface area (Å²) in [4.78, 5) is 59.7. The van der Waals surface area contributed by atoms with Crippen LogP contribution in [-0.4, -0.2) is 62.3 Å². The van der Waals surface area contributed by atoms with Crippen LogP contribution in [-0.2, 0) is 24.0 Å². The van der Waals surface area contributed by atoms with Crippen LogP contribution < -0.4 is 26.6 Å². The molecule has 5 amide bonds. The van der Waals surface area contributed by atoms with E-state index in [2.05, 4.69) is 47.4 Å². The first-order valence-electron chi connectivity index (χ1n) is 28.4. The van der Waals surface area contributed by atoms with Crippen molar-refractivity contribution in [3.63, 3.8) is 0 Å². The smallest absolute Gasteiger partial charge is 0.242 e. The van der Waals surface area contributed by atoms with Gasteiger partial charge in [0.05, 0.1) is 0 Å².